The van der Waals surface area contributed by atoms with Crippen LogP contribution in [0.3, 0.4) is 0 Å². The molecule has 1 aliphatic rings. The van der Waals surface area contributed by atoms with E-state index in [4.69, 9.17) is 15.9 Å². The van der Waals surface area contributed by atoms with E-state index in [9.17, 15) is 13.2 Å². The molecule has 4 aromatic rings. The van der Waals surface area contributed by atoms with Gasteiger partial charge >= 0.3 is 0 Å². The third-order valence-corrected chi connectivity index (χ3v) is 8.37. The third kappa shape index (κ3) is 4.50. The van der Waals surface area contributed by atoms with Crippen molar-refractivity contribution in [3.8, 4) is 5.75 Å². The number of ether oxygens (including phenoxy) is 1. The Labute approximate surface area is 209 Å². The number of nitrogens with two attached hydrogens (primary N) is 1. The van der Waals surface area contributed by atoms with Crippen molar-refractivity contribution in [1.29, 1.82) is 5.41 Å². The molecular weight excluding hydrogens is 476 g/mol. The molecule has 4 aromatic carbocycles. The van der Waals surface area contributed by atoms with Crippen LogP contribution in [-0.4, -0.2) is 56.1 Å². The summed E-state index contributed by atoms with van der Waals surface area (Å²) in [5.41, 5.74) is 7.18. The molecule has 0 saturated carbocycles. The van der Waals surface area contributed by atoms with Gasteiger partial charge in [-0.3, -0.25) is 10.2 Å². The van der Waals surface area contributed by atoms with Gasteiger partial charge in [-0.1, -0.05) is 36.4 Å². The fourth-order valence-electron chi connectivity index (χ4n) is 4.48. The monoisotopic (exact) mass is 502 g/mol. The van der Waals surface area contributed by atoms with Gasteiger partial charge in [0.05, 0.1) is 18.6 Å². The highest BCUT2D eigenvalue weighted by molar-refractivity contribution is 7.89. The zero-order chi connectivity index (χ0) is 25.4. The fraction of sp³-hybridized carbons (Fsp3) is 0.185. The molecule has 5 rings (SSSR count). The molecule has 36 heavy (non-hydrogen) atoms. The van der Waals surface area contributed by atoms with Crippen LogP contribution in [0.25, 0.3) is 21.5 Å². The van der Waals surface area contributed by atoms with E-state index in [1.54, 1.807) is 42.3 Å². The van der Waals surface area contributed by atoms with Gasteiger partial charge in [-0.25, -0.2) is 8.42 Å². The summed E-state index contributed by atoms with van der Waals surface area (Å²) >= 11 is 0. The normalized spacial score (nSPS) is 14.9. The lowest BCUT2D eigenvalue weighted by Gasteiger charge is -2.33. The Kier molecular flexibility index (Phi) is 6.11. The number of amidine groups is 1. The molecule has 1 aliphatic heterocycles. The summed E-state index contributed by atoms with van der Waals surface area (Å²) in [6.45, 7) is 0.695. The molecule has 0 bridgehead atoms. The number of carbonyl (C=O) groups is 1. The molecule has 1 saturated heterocycles. The van der Waals surface area contributed by atoms with Crippen LogP contribution in [0.5, 0.6) is 5.75 Å². The van der Waals surface area contributed by atoms with Crippen molar-refractivity contribution in [3.05, 3.63) is 83.9 Å². The highest BCUT2D eigenvalue weighted by atomic mass is 32.2. The molecule has 9 heteroatoms. The summed E-state index contributed by atoms with van der Waals surface area (Å²) in [5.74, 6) is 0.458. The summed E-state index contributed by atoms with van der Waals surface area (Å²) in [7, 11) is -2.23. The largest absolute Gasteiger partial charge is 0.497 e. The number of sulfonamides is 1. The van der Waals surface area contributed by atoms with Gasteiger partial charge in [-0.2, -0.15) is 4.31 Å². The second kappa shape index (κ2) is 9.25. The smallest absolute Gasteiger partial charge is 0.243 e. The number of methoxy groups -OCH3 is 1. The van der Waals surface area contributed by atoms with E-state index in [1.165, 1.54) is 4.31 Å². The first-order valence-corrected chi connectivity index (χ1v) is 12.9. The van der Waals surface area contributed by atoms with Gasteiger partial charge in [-0.05, 0) is 63.5 Å². The van der Waals surface area contributed by atoms with Gasteiger partial charge in [-0.15, -0.1) is 0 Å². The Bertz CT molecular complexity index is 1620. The summed E-state index contributed by atoms with van der Waals surface area (Å²) in [6.07, 6.45) is 0. The number of rotatable bonds is 6. The predicted molar refractivity (Wildman–Crippen MR) is 140 cm³/mol. The van der Waals surface area contributed by atoms with E-state index in [1.807, 2.05) is 42.5 Å². The molecule has 1 heterocycles. The van der Waals surface area contributed by atoms with Crippen molar-refractivity contribution in [2.24, 2.45) is 5.73 Å². The van der Waals surface area contributed by atoms with E-state index in [0.717, 1.165) is 27.1 Å². The van der Waals surface area contributed by atoms with E-state index < -0.39 is 10.0 Å². The fourth-order valence-corrected chi connectivity index (χ4v) is 5.90. The van der Waals surface area contributed by atoms with Crippen molar-refractivity contribution < 1.29 is 17.9 Å². The van der Waals surface area contributed by atoms with E-state index in [-0.39, 0.29) is 29.7 Å². The van der Waals surface area contributed by atoms with Crippen molar-refractivity contribution in [3.63, 3.8) is 0 Å². The first-order valence-electron chi connectivity index (χ1n) is 11.5. The number of nitrogen functional groups attached to an aromatic ring is 1. The van der Waals surface area contributed by atoms with Crippen LogP contribution in [0.4, 0.5) is 0 Å². The van der Waals surface area contributed by atoms with Crippen LogP contribution < -0.4 is 10.5 Å². The molecule has 1 amide bonds. The van der Waals surface area contributed by atoms with Crippen molar-refractivity contribution in [2.45, 2.75) is 11.4 Å². The van der Waals surface area contributed by atoms with Crippen LogP contribution >= 0.6 is 0 Å². The van der Waals surface area contributed by atoms with Crippen LogP contribution in [0.15, 0.2) is 77.7 Å². The Morgan fingerprint density at radius 3 is 2.39 bits per heavy atom. The maximum atomic E-state index is 13.3. The predicted octanol–water partition coefficient (Wildman–Crippen LogP) is 3.32. The number of nitrogens with zero attached hydrogens (tertiary/aromatic N) is 2. The maximum absolute atomic E-state index is 13.3. The average Bonchev–Trinajstić information content (AvgIpc) is 2.88. The number of piperazine rings is 1. The van der Waals surface area contributed by atoms with Crippen molar-refractivity contribution in [1.82, 2.24) is 9.21 Å². The molecule has 0 aliphatic carbocycles. The molecule has 8 nitrogen and oxygen atoms in total. The molecule has 0 radical (unpaired) electrons. The summed E-state index contributed by atoms with van der Waals surface area (Å²) < 4.78 is 33.1. The maximum Gasteiger partial charge on any atom is 0.243 e. The second-order valence-corrected chi connectivity index (χ2v) is 10.8. The number of hydrogen-bond acceptors (Lipinski definition) is 5. The van der Waals surface area contributed by atoms with Crippen LogP contribution in [-0.2, 0) is 21.4 Å². The molecule has 1 fully saturated rings. The molecule has 0 aromatic heterocycles. The van der Waals surface area contributed by atoms with Crippen LogP contribution in [0.1, 0.15) is 11.1 Å². The summed E-state index contributed by atoms with van der Waals surface area (Å²) in [5, 5.41) is 11.3. The minimum Gasteiger partial charge on any atom is -0.497 e. The first kappa shape index (κ1) is 23.8. The second-order valence-electron chi connectivity index (χ2n) is 8.84. The van der Waals surface area contributed by atoms with Crippen LogP contribution in [0, 0.1) is 5.41 Å². The number of nitrogens with one attached hydrogen (secondary N) is 1. The minimum atomic E-state index is -3.82. The molecule has 0 atom stereocenters. The lowest BCUT2D eigenvalue weighted by molar-refractivity contribution is -0.134. The SMILES string of the molecule is COc1ccc2cc(S(=O)(=O)N3CCN(Cc4ccc5ccc(C(=N)N)cc5c4)C(=O)C3)ccc2c1. The van der Waals surface area contributed by atoms with E-state index >= 15 is 0 Å². The zero-order valence-corrected chi connectivity index (χ0v) is 20.6. The number of fused-ring (bicyclic) bond motifs is 2. The number of hydrogen-bond donors (Lipinski definition) is 2. The average molecular weight is 503 g/mol. The zero-order valence-electron chi connectivity index (χ0n) is 19.8. The molecule has 0 unspecified atom stereocenters. The van der Waals surface area contributed by atoms with E-state index in [0.29, 0.717) is 24.4 Å². The molecule has 3 N–H and O–H groups in total. The van der Waals surface area contributed by atoms with E-state index in [2.05, 4.69) is 0 Å². The number of amides is 1. The minimum absolute atomic E-state index is 0.000882. The number of carbonyl (C=O) groups excluding carboxylic acids is 1. The van der Waals surface area contributed by atoms with Gasteiger partial charge in [0, 0.05) is 25.2 Å². The Balaban J connectivity index is 1.31. The lowest BCUT2D eigenvalue weighted by atomic mass is 10.0. The van der Waals surface area contributed by atoms with Gasteiger partial charge in [0.1, 0.15) is 11.6 Å². The molecule has 0 spiro atoms. The Morgan fingerprint density at radius 1 is 0.917 bits per heavy atom. The van der Waals surface area contributed by atoms with Gasteiger partial charge < -0.3 is 15.4 Å². The quantitative estimate of drug-likeness (QED) is 0.310. The van der Waals surface area contributed by atoms with Crippen LogP contribution in [0.2, 0.25) is 0 Å². The lowest BCUT2D eigenvalue weighted by Crippen LogP contribution is -2.51. The van der Waals surface area contributed by atoms with Gasteiger partial charge in [0.25, 0.3) is 0 Å². The highest BCUT2D eigenvalue weighted by Gasteiger charge is 2.33. The van der Waals surface area contributed by atoms with Crippen molar-refractivity contribution in [2.75, 3.05) is 26.7 Å². The molecule has 184 valence electrons. The summed E-state index contributed by atoms with van der Waals surface area (Å²) in [6, 6.07) is 21.9. The summed E-state index contributed by atoms with van der Waals surface area (Å²) in [4.78, 5) is 14.8. The highest BCUT2D eigenvalue weighted by Crippen LogP contribution is 2.26. The Morgan fingerprint density at radius 2 is 1.64 bits per heavy atom. The standard InChI is InChI=1S/C27H26N4O4S/c1-35-24-8-6-21-15-25(9-7-20(21)14-24)36(33,34)31-11-10-30(26(32)17-31)16-18-2-3-19-4-5-22(27(28)29)13-23(19)12-18/h2-9,12-15H,10-11,16-17H2,1H3,(H3,28,29). The number of benzene rings is 4. The van der Waals surface area contributed by atoms with Gasteiger partial charge in [0.15, 0.2) is 0 Å². The first-order chi connectivity index (χ1) is 17.2. The topological polar surface area (TPSA) is 117 Å². The van der Waals surface area contributed by atoms with Gasteiger partial charge in [0.2, 0.25) is 15.9 Å². The Hall–Kier alpha value is -3.95. The third-order valence-electron chi connectivity index (χ3n) is 6.53. The van der Waals surface area contributed by atoms with Crippen molar-refractivity contribution >= 4 is 43.3 Å². The molecular formula is C27H26N4O4S.